The van der Waals surface area contributed by atoms with E-state index in [1.807, 2.05) is 24.3 Å². The van der Waals surface area contributed by atoms with Gasteiger partial charge >= 0.3 is 0 Å². The summed E-state index contributed by atoms with van der Waals surface area (Å²) in [5, 5.41) is 1.96. The molecule has 1 N–H and O–H groups in total. The van der Waals surface area contributed by atoms with Gasteiger partial charge in [0.2, 0.25) is 0 Å². The standard InChI is InChI=1S/C12H11ClNOS/c1-8-10-7-9(13)3-4-12(10)16-11(8)5-6-14-15-2/h3-5,7,14H,1-2H3/q-1. The van der Waals surface area contributed by atoms with Gasteiger partial charge in [0.05, 0.1) is 7.11 Å². The summed E-state index contributed by atoms with van der Waals surface area (Å²) in [7, 11) is 1.55. The topological polar surface area (TPSA) is 21.3 Å². The number of thiophene rings is 1. The molecular weight excluding hydrogens is 242 g/mol. The molecule has 0 aliphatic rings. The van der Waals surface area contributed by atoms with E-state index >= 15 is 0 Å². The summed E-state index contributed by atoms with van der Waals surface area (Å²) in [4.78, 5) is 5.84. The number of hydrogen-bond donors (Lipinski definition) is 1. The summed E-state index contributed by atoms with van der Waals surface area (Å²) < 4.78 is 1.23. The Balaban J connectivity index is 2.44. The molecule has 0 radical (unpaired) electrons. The highest BCUT2D eigenvalue weighted by Crippen LogP contribution is 2.33. The summed E-state index contributed by atoms with van der Waals surface area (Å²) >= 11 is 7.68. The maximum atomic E-state index is 5.97. The van der Waals surface area contributed by atoms with Crippen molar-refractivity contribution in [1.29, 1.82) is 0 Å². The molecule has 0 fully saturated rings. The Morgan fingerprint density at radius 3 is 3.06 bits per heavy atom. The minimum Gasteiger partial charge on any atom is -0.361 e. The maximum Gasteiger partial charge on any atom is 0.0616 e. The van der Waals surface area contributed by atoms with Crippen molar-refractivity contribution in [3.63, 3.8) is 0 Å². The maximum absolute atomic E-state index is 5.97. The van der Waals surface area contributed by atoms with Crippen LogP contribution in [0.4, 0.5) is 0 Å². The van der Waals surface area contributed by atoms with E-state index in [4.69, 9.17) is 11.6 Å². The van der Waals surface area contributed by atoms with Gasteiger partial charge in [-0.3, -0.25) is 4.84 Å². The van der Waals surface area contributed by atoms with Crippen LogP contribution >= 0.6 is 22.9 Å². The van der Waals surface area contributed by atoms with Crippen LogP contribution in [0.3, 0.4) is 0 Å². The largest absolute Gasteiger partial charge is 0.361 e. The lowest BCUT2D eigenvalue weighted by atomic mass is 10.1. The van der Waals surface area contributed by atoms with Crippen molar-refractivity contribution in [3.8, 4) is 0 Å². The van der Waals surface area contributed by atoms with E-state index in [2.05, 4.69) is 23.4 Å². The molecule has 2 nitrogen and oxygen atoms in total. The van der Waals surface area contributed by atoms with E-state index in [-0.39, 0.29) is 0 Å². The molecular formula is C12H11ClNOS-. The van der Waals surface area contributed by atoms with E-state index in [1.54, 1.807) is 18.4 Å². The summed E-state index contributed by atoms with van der Waals surface area (Å²) in [5.41, 5.74) is 3.77. The second-order valence-corrected chi connectivity index (χ2v) is 4.85. The van der Waals surface area contributed by atoms with Gasteiger partial charge in [-0.1, -0.05) is 18.5 Å². The fraction of sp³-hybridized carbons (Fsp3) is 0.167. The highest BCUT2D eigenvalue weighted by Gasteiger charge is 2.00. The van der Waals surface area contributed by atoms with Crippen LogP contribution in [0.25, 0.3) is 16.2 Å². The van der Waals surface area contributed by atoms with E-state index < -0.39 is 0 Å². The van der Waals surface area contributed by atoms with Gasteiger partial charge in [-0.15, -0.1) is 16.6 Å². The molecule has 0 aliphatic carbocycles. The number of fused-ring (bicyclic) bond motifs is 1. The molecule has 2 aromatic rings. The molecule has 0 atom stereocenters. The Bertz CT molecular complexity index is 533. The minimum absolute atomic E-state index is 0.767. The fourth-order valence-electron chi connectivity index (χ4n) is 1.50. The van der Waals surface area contributed by atoms with Crippen LogP contribution in [0.2, 0.25) is 5.02 Å². The van der Waals surface area contributed by atoms with Crippen LogP contribution in [0, 0.1) is 13.1 Å². The van der Waals surface area contributed by atoms with Crippen LogP contribution < -0.4 is 5.48 Å². The average molecular weight is 253 g/mol. The van der Waals surface area contributed by atoms with Crippen molar-refractivity contribution in [2.75, 3.05) is 7.11 Å². The van der Waals surface area contributed by atoms with Crippen molar-refractivity contribution in [2.24, 2.45) is 0 Å². The molecule has 4 heteroatoms. The van der Waals surface area contributed by atoms with E-state index in [0.29, 0.717) is 0 Å². The third-order valence-corrected chi connectivity index (χ3v) is 3.75. The first-order chi connectivity index (χ1) is 7.72. The van der Waals surface area contributed by atoms with Gasteiger partial charge in [-0.05, 0) is 23.6 Å². The zero-order valence-electron chi connectivity index (χ0n) is 9.00. The van der Waals surface area contributed by atoms with Gasteiger partial charge < -0.3 is 5.48 Å². The van der Waals surface area contributed by atoms with Crippen molar-refractivity contribution in [2.45, 2.75) is 6.92 Å². The first-order valence-electron chi connectivity index (χ1n) is 4.77. The Hall–Kier alpha value is -1.03. The highest BCUT2D eigenvalue weighted by atomic mass is 35.5. The molecule has 84 valence electrons. The number of halogens is 1. The van der Waals surface area contributed by atoms with Gasteiger partial charge in [-0.2, -0.15) is 6.08 Å². The second kappa shape index (κ2) is 4.87. The lowest BCUT2D eigenvalue weighted by molar-refractivity contribution is 0.123. The fourth-order valence-corrected chi connectivity index (χ4v) is 2.75. The minimum atomic E-state index is 0.767. The highest BCUT2D eigenvalue weighted by molar-refractivity contribution is 7.20. The average Bonchev–Trinajstić information content (AvgIpc) is 2.57. The van der Waals surface area contributed by atoms with E-state index in [9.17, 15) is 0 Å². The molecule has 1 aromatic heterocycles. The summed E-state index contributed by atoms with van der Waals surface area (Å²) in [5.74, 6) is 0. The summed E-state index contributed by atoms with van der Waals surface area (Å²) in [6, 6.07) is 5.94. The lowest BCUT2D eigenvalue weighted by Gasteiger charge is -2.03. The number of rotatable bonds is 3. The molecule has 0 bridgehead atoms. The Morgan fingerprint density at radius 1 is 1.50 bits per heavy atom. The molecule has 1 aromatic carbocycles. The number of aryl methyl sites for hydroxylation is 1. The zero-order chi connectivity index (χ0) is 11.5. The smallest absolute Gasteiger partial charge is 0.0616 e. The van der Waals surface area contributed by atoms with Gasteiger partial charge in [0.15, 0.2) is 0 Å². The van der Waals surface area contributed by atoms with Crippen LogP contribution in [-0.2, 0) is 4.84 Å². The van der Waals surface area contributed by atoms with Crippen molar-refractivity contribution in [3.05, 3.63) is 39.9 Å². The van der Waals surface area contributed by atoms with Crippen molar-refractivity contribution < 1.29 is 4.84 Å². The predicted molar refractivity (Wildman–Crippen MR) is 69.4 cm³/mol. The third kappa shape index (κ3) is 2.21. The SMILES string of the molecule is CON[C-]=Cc1sc2ccc(Cl)cc2c1C. The lowest BCUT2D eigenvalue weighted by Crippen LogP contribution is -2.00. The number of hydrogen-bond acceptors (Lipinski definition) is 3. The predicted octanol–water partition coefficient (Wildman–Crippen LogP) is 3.79. The Morgan fingerprint density at radius 2 is 2.31 bits per heavy atom. The van der Waals surface area contributed by atoms with Crippen molar-refractivity contribution >= 4 is 39.1 Å². The molecule has 0 aliphatic heterocycles. The molecule has 1 heterocycles. The van der Waals surface area contributed by atoms with E-state index in [1.165, 1.54) is 15.6 Å². The Labute approximate surface area is 103 Å². The number of benzene rings is 1. The summed E-state index contributed by atoms with van der Waals surface area (Å²) in [6.45, 7) is 2.08. The van der Waals surface area contributed by atoms with Crippen LogP contribution in [0.5, 0.6) is 0 Å². The first kappa shape index (κ1) is 11.5. The van der Waals surface area contributed by atoms with E-state index in [0.717, 1.165) is 9.90 Å². The van der Waals surface area contributed by atoms with Gasteiger partial charge in [0, 0.05) is 9.72 Å². The quantitative estimate of drug-likeness (QED) is 0.510. The molecule has 16 heavy (non-hydrogen) atoms. The van der Waals surface area contributed by atoms with Crippen molar-refractivity contribution in [1.82, 2.24) is 5.48 Å². The Kier molecular flexibility index (Phi) is 3.49. The van der Waals surface area contributed by atoms with Crippen LogP contribution in [-0.4, -0.2) is 7.11 Å². The van der Waals surface area contributed by atoms with Crippen LogP contribution in [0.1, 0.15) is 10.4 Å². The second-order valence-electron chi connectivity index (χ2n) is 3.33. The summed E-state index contributed by atoms with van der Waals surface area (Å²) in [6.07, 6.45) is 4.72. The third-order valence-electron chi connectivity index (χ3n) is 2.30. The van der Waals surface area contributed by atoms with Gasteiger partial charge in [0.1, 0.15) is 0 Å². The number of nitrogens with one attached hydrogen (secondary N) is 1. The first-order valence-corrected chi connectivity index (χ1v) is 5.97. The molecule has 0 unspecified atom stereocenters. The zero-order valence-corrected chi connectivity index (χ0v) is 10.6. The van der Waals surface area contributed by atoms with Gasteiger partial charge in [0.25, 0.3) is 0 Å². The molecule has 2 rings (SSSR count). The van der Waals surface area contributed by atoms with Crippen LogP contribution in [0.15, 0.2) is 18.2 Å². The molecule has 0 saturated carbocycles. The number of hydroxylamine groups is 1. The van der Waals surface area contributed by atoms with Gasteiger partial charge in [-0.25, -0.2) is 11.3 Å². The monoisotopic (exact) mass is 252 g/mol. The normalized spacial score (nSPS) is 11.4. The molecule has 0 amide bonds. The molecule has 0 spiro atoms. The molecule has 0 saturated heterocycles.